The Labute approximate surface area is 443 Å². The van der Waals surface area contributed by atoms with Gasteiger partial charge < -0.3 is 19.1 Å². The molecule has 0 amide bonds. The van der Waals surface area contributed by atoms with Crippen LogP contribution < -0.4 is 31.3 Å². The minimum Gasteiger partial charge on any atom is -0.468 e. The average molecular weight is 976 g/mol. The summed E-state index contributed by atoms with van der Waals surface area (Å²) >= 11 is 0. The number of fused-ring (bicyclic) bond motifs is 15. The largest absolute Gasteiger partial charge is 0.468 e. The first-order valence-corrected chi connectivity index (χ1v) is 28.5. The maximum Gasteiger partial charge on any atom is 0.297 e. The van der Waals surface area contributed by atoms with Crippen molar-refractivity contribution >= 4 is 79.8 Å². The highest BCUT2D eigenvalue weighted by molar-refractivity contribution is 7.00. The molecule has 5 heteroatoms. The molecule has 6 aromatic carbocycles. The van der Waals surface area contributed by atoms with E-state index >= 15 is 0 Å². The third-order valence-electron chi connectivity index (χ3n) is 21.3. The number of rotatable bonds is 3. The van der Waals surface area contributed by atoms with E-state index in [1.165, 1.54) is 146 Å². The second kappa shape index (κ2) is 14.6. The van der Waals surface area contributed by atoms with Crippen LogP contribution in [0, 0.1) is 0 Å². The van der Waals surface area contributed by atoms with Crippen molar-refractivity contribution in [3.05, 3.63) is 148 Å². The summed E-state index contributed by atoms with van der Waals surface area (Å²) in [7, 11) is 0. The molecule has 3 aliphatic heterocycles. The second-order valence-electron chi connectivity index (χ2n) is 29.0. The van der Waals surface area contributed by atoms with Gasteiger partial charge >= 0.3 is 0 Å². The lowest BCUT2D eigenvalue weighted by Gasteiger charge is -2.51. The number of para-hydroxylation sites is 1. The number of furan rings is 1. The Morgan fingerprint density at radius 1 is 0.486 bits per heavy atom. The number of hydrogen-bond donors (Lipinski definition) is 0. The second-order valence-corrected chi connectivity index (χ2v) is 29.0. The van der Waals surface area contributed by atoms with E-state index in [9.17, 15) is 0 Å². The van der Waals surface area contributed by atoms with Crippen LogP contribution in [0.4, 0.5) is 45.5 Å². The molecular formula is C69H78BN3O. The van der Waals surface area contributed by atoms with Gasteiger partial charge in [0.1, 0.15) is 5.58 Å². The average Bonchev–Trinajstić information content (AvgIpc) is 4.03. The van der Waals surface area contributed by atoms with Gasteiger partial charge in [0.05, 0.1) is 16.9 Å². The molecular weight excluding hydrogens is 898 g/mol. The zero-order valence-electron chi connectivity index (χ0n) is 47.1. The third-order valence-corrected chi connectivity index (χ3v) is 21.3. The van der Waals surface area contributed by atoms with Crippen molar-refractivity contribution in [3.8, 4) is 0 Å². The summed E-state index contributed by atoms with van der Waals surface area (Å²) in [6.07, 6.45) is 10.9. The molecule has 4 aliphatic carbocycles. The molecule has 14 rings (SSSR count). The molecule has 0 N–H and O–H groups in total. The Hall–Kier alpha value is -5.68. The summed E-state index contributed by atoms with van der Waals surface area (Å²) < 4.78 is 7.77. The molecule has 74 heavy (non-hydrogen) atoms. The maximum atomic E-state index is 7.77. The summed E-state index contributed by atoms with van der Waals surface area (Å²) in [6, 6.07) is 44.3. The fraction of sp³-hybridized carbons (Fsp3) is 0.449. The van der Waals surface area contributed by atoms with Gasteiger partial charge in [0.2, 0.25) is 0 Å². The summed E-state index contributed by atoms with van der Waals surface area (Å²) in [5, 5.41) is 1.25. The van der Waals surface area contributed by atoms with Crippen molar-refractivity contribution in [3.63, 3.8) is 0 Å². The van der Waals surface area contributed by atoms with Gasteiger partial charge in [0, 0.05) is 50.6 Å². The molecule has 2 saturated carbocycles. The van der Waals surface area contributed by atoms with Gasteiger partial charge in [-0.05, 0) is 195 Å². The molecule has 2 bridgehead atoms. The normalized spacial score (nSPS) is 26.6. The van der Waals surface area contributed by atoms with E-state index in [0.29, 0.717) is 0 Å². The fourth-order valence-electron chi connectivity index (χ4n) is 16.6. The first kappa shape index (κ1) is 46.8. The van der Waals surface area contributed by atoms with E-state index < -0.39 is 0 Å². The van der Waals surface area contributed by atoms with E-state index in [2.05, 4.69) is 221 Å². The molecule has 378 valence electrons. The van der Waals surface area contributed by atoms with Crippen molar-refractivity contribution in [1.29, 1.82) is 0 Å². The summed E-state index contributed by atoms with van der Waals surface area (Å²) in [5.74, 6) is 0. The maximum absolute atomic E-state index is 7.77. The molecule has 7 aliphatic rings. The number of hydrogen-bond acceptors (Lipinski definition) is 4. The van der Waals surface area contributed by atoms with Crippen LogP contribution in [-0.4, -0.2) is 12.3 Å². The molecule has 4 nitrogen and oxygen atoms in total. The highest BCUT2D eigenvalue weighted by atomic mass is 16.3. The van der Waals surface area contributed by atoms with Crippen LogP contribution in [0.1, 0.15) is 194 Å². The number of anilines is 8. The summed E-state index contributed by atoms with van der Waals surface area (Å²) in [5.41, 5.74) is 25.2. The van der Waals surface area contributed by atoms with Gasteiger partial charge in [0.15, 0.2) is 0 Å². The van der Waals surface area contributed by atoms with E-state index in [4.69, 9.17) is 4.42 Å². The van der Waals surface area contributed by atoms with Crippen LogP contribution in [0.2, 0.25) is 0 Å². The molecule has 0 radical (unpaired) electrons. The van der Waals surface area contributed by atoms with Crippen molar-refractivity contribution in [2.45, 2.75) is 198 Å². The predicted octanol–water partition coefficient (Wildman–Crippen LogP) is 16.9. The van der Waals surface area contributed by atoms with Crippen LogP contribution in [0.5, 0.6) is 0 Å². The van der Waals surface area contributed by atoms with E-state index in [0.717, 1.165) is 24.1 Å². The monoisotopic (exact) mass is 976 g/mol. The Morgan fingerprint density at radius 2 is 1.11 bits per heavy atom. The van der Waals surface area contributed by atoms with Crippen LogP contribution >= 0.6 is 0 Å². The third kappa shape index (κ3) is 6.10. The number of benzene rings is 6. The number of nitrogens with zero attached hydrogens (tertiary/aromatic N) is 3. The van der Waals surface area contributed by atoms with E-state index in [1.54, 1.807) is 0 Å². The zero-order valence-corrected chi connectivity index (χ0v) is 47.1. The fourth-order valence-corrected chi connectivity index (χ4v) is 16.6. The Bertz CT molecular complexity index is 3560. The van der Waals surface area contributed by atoms with Crippen LogP contribution in [-0.2, 0) is 37.9 Å². The van der Waals surface area contributed by atoms with Crippen molar-refractivity contribution < 1.29 is 4.42 Å². The van der Waals surface area contributed by atoms with Gasteiger partial charge in [-0.15, -0.1) is 0 Å². The Balaban J connectivity index is 1.13. The smallest absolute Gasteiger partial charge is 0.297 e. The van der Waals surface area contributed by atoms with Crippen molar-refractivity contribution in [2.75, 3.05) is 14.7 Å². The molecule has 4 unspecified atom stereocenters. The lowest BCUT2D eigenvalue weighted by molar-refractivity contribution is 0.195. The Kier molecular flexibility index (Phi) is 9.25. The molecule has 4 atom stereocenters. The summed E-state index contributed by atoms with van der Waals surface area (Å²) in [4.78, 5) is 8.16. The first-order chi connectivity index (χ1) is 34.9. The minimum atomic E-state index is -0.137. The quantitative estimate of drug-likeness (QED) is 0.165. The highest BCUT2D eigenvalue weighted by Crippen LogP contribution is 2.64. The molecule has 7 aromatic rings. The van der Waals surface area contributed by atoms with Crippen LogP contribution in [0.15, 0.2) is 114 Å². The lowest BCUT2D eigenvalue weighted by Crippen LogP contribution is -2.61. The molecule has 2 fully saturated rings. The topological polar surface area (TPSA) is 22.9 Å². The SMILES string of the molecule is CC(C)(C)c1ccc(N2c3ccc(C(C)(C)C)cc3B3c4oc5cc6c(cc5c4N(c4ccc5c(c4)C(C)(C)CCC5(C)C)c4cc(N5c7ccccc7C7(C)CCCCC57C)cc2c43)C2(C)CCC6(C)C2)cc1. The van der Waals surface area contributed by atoms with Gasteiger partial charge in [-0.2, -0.15) is 0 Å². The van der Waals surface area contributed by atoms with Crippen molar-refractivity contribution in [2.24, 2.45) is 0 Å². The molecule has 1 aromatic heterocycles. The standard InChI is InChI=1S/C69H78BN3O/c1-62(2,3)42-21-24-44(25-22-42)71-55-28-23-43(63(4,5)6)35-53(55)70-59-56(71)37-46(73-54-20-16-15-19-49(54)68(13)29-17-18-30-69(68,73)14)38-57(59)72(45-26-27-48-50(36-45)65(9,10)32-31-64(48,7)8)60-47-39-51-52(40-58(47)74-61(60)70)67(12)34-33-66(51,11)41-67/h15-16,19-28,35-40H,17-18,29-34,41H2,1-14H3. The zero-order chi connectivity index (χ0) is 51.7. The van der Waals surface area contributed by atoms with Gasteiger partial charge in [-0.25, -0.2) is 0 Å². The van der Waals surface area contributed by atoms with Gasteiger partial charge in [-0.1, -0.05) is 151 Å². The highest BCUT2D eigenvalue weighted by Gasteiger charge is 2.59. The molecule has 0 saturated heterocycles. The van der Waals surface area contributed by atoms with Crippen LogP contribution in [0.25, 0.3) is 11.0 Å². The lowest BCUT2D eigenvalue weighted by atomic mass is 9.35. The van der Waals surface area contributed by atoms with Crippen LogP contribution in [0.3, 0.4) is 0 Å². The van der Waals surface area contributed by atoms with E-state index in [1.807, 2.05) is 0 Å². The minimum absolute atomic E-state index is 0.00690. The van der Waals surface area contributed by atoms with E-state index in [-0.39, 0.29) is 50.2 Å². The van der Waals surface area contributed by atoms with Gasteiger partial charge in [0.25, 0.3) is 6.71 Å². The molecule has 4 heterocycles. The van der Waals surface area contributed by atoms with Crippen molar-refractivity contribution in [1.82, 2.24) is 0 Å². The summed E-state index contributed by atoms with van der Waals surface area (Å²) in [6.45, 7) is 34.1. The van der Waals surface area contributed by atoms with Gasteiger partial charge in [-0.3, -0.25) is 0 Å². The first-order valence-electron chi connectivity index (χ1n) is 28.5. The molecule has 0 spiro atoms. The predicted molar refractivity (Wildman–Crippen MR) is 314 cm³/mol. The Morgan fingerprint density at radius 3 is 1.81 bits per heavy atom.